The van der Waals surface area contributed by atoms with Crippen LogP contribution in [0.4, 0.5) is 9.18 Å². The molecule has 2 aromatic heterocycles. The molecule has 0 bridgehead atoms. The summed E-state index contributed by atoms with van der Waals surface area (Å²) in [5.41, 5.74) is -0.228. The highest BCUT2D eigenvalue weighted by atomic mass is 79.9. The number of hydrogen-bond acceptors (Lipinski definition) is 8. The Morgan fingerprint density at radius 2 is 1.97 bits per heavy atom. The van der Waals surface area contributed by atoms with Gasteiger partial charge in [0.15, 0.2) is 5.82 Å². The van der Waals surface area contributed by atoms with Gasteiger partial charge >= 0.3 is 12.1 Å². The normalized spacial score (nSPS) is 12.2. The number of halogens is 2. The van der Waals surface area contributed by atoms with E-state index in [0.29, 0.717) is 15.8 Å². The van der Waals surface area contributed by atoms with Gasteiger partial charge in [0.05, 0.1) is 6.42 Å². The van der Waals surface area contributed by atoms with Crippen molar-refractivity contribution < 1.29 is 33.1 Å². The lowest BCUT2D eigenvalue weighted by Crippen LogP contribution is -2.44. The smallest absolute Gasteiger partial charge is 0.408 e. The molecular weight excluding hydrogens is 503 g/mol. The summed E-state index contributed by atoms with van der Waals surface area (Å²) >= 11 is 3.12. The highest BCUT2D eigenvalue weighted by molar-refractivity contribution is 9.10. The monoisotopic (exact) mass is 522 g/mol. The van der Waals surface area contributed by atoms with E-state index in [1.54, 1.807) is 45.0 Å². The van der Waals surface area contributed by atoms with Crippen molar-refractivity contribution in [3.63, 3.8) is 0 Å². The van der Waals surface area contributed by atoms with E-state index in [9.17, 15) is 19.1 Å². The van der Waals surface area contributed by atoms with E-state index in [2.05, 4.69) is 36.4 Å². The van der Waals surface area contributed by atoms with Gasteiger partial charge in [0.2, 0.25) is 11.7 Å². The Kier molecular flexibility index (Phi) is 7.26. The molecule has 0 aliphatic carbocycles. The van der Waals surface area contributed by atoms with Crippen LogP contribution in [0, 0.1) is 5.82 Å². The average molecular weight is 523 g/mol. The summed E-state index contributed by atoms with van der Waals surface area (Å²) < 4.78 is 30.0. The fraction of sp³-hybridized carbons (Fsp3) is 0.286. The zero-order valence-electron chi connectivity index (χ0n) is 17.8. The first-order chi connectivity index (χ1) is 15.5. The third kappa shape index (κ3) is 6.97. The molecule has 0 aliphatic rings. The Bertz CT molecular complexity index is 1150. The number of aromatic nitrogens is 3. The lowest BCUT2D eigenvalue weighted by molar-refractivity contribution is -0.139. The largest absolute Gasteiger partial charge is 0.480 e. The molecule has 0 saturated heterocycles. The van der Waals surface area contributed by atoms with Gasteiger partial charge in [0.25, 0.3) is 5.88 Å². The van der Waals surface area contributed by atoms with Gasteiger partial charge in [-0.25, -0.2) is 19.0 Å². The van der Waals surface area contributed by atoms with Gasteiger partial charge in [-0.2, -0.15) is 4.98 Å². The van der Waals surface area contributed by atoms with Gasteiger partial charge < -0.3 is 24.4 Å². The van der Waals surface area contributed by atoms with E-state index in [1.165, 1.54) is 12.3 Å². The van der Waals surface area contributed by atoms with Crippen LogP contribution in [-0.4, -0.2) is 43.9 Å². The SMILES string of the molecule is CC(C)(C)OC(=O)N[C@@H](Cc1nc(-c2ccc(Oc3ncc(Br)cc3F)cc2)no1)C(=O)O. The van der Waals surface area contributed by atoms with Crippen LogP contribution in [0.25, 0.3) is 11.4 Å². The molecule has 10 nitrogen and oxygen atoms in total. The predicted octanol–water partition coefficient (Wildman–Crippen LogP) is 4.35. The Morgan fingerprint density at radius 3 is 2.58 bits per heavy atom. The molecule has 0 spiro atoms. The van der Waals surface area contributed by atoms with Crippen LogP contribution in [0.3, 0.4) is 0 Å². The van der Waals surface area contributed by atoms with Crippen LogP contribution in [0.2, 0.25) is 0 Å². The number of ether oxygens (including phenoxy) is 2. The number of rotatable bonds is 7. The predicted molar refractivity (Wildman–Crippen MR) is 116 cm³/mol. The standard InChI is InChI=1S/C21H20BrFN4O6/c1-21(2,3)32-20(30)25-15(19(28)29)9-16-26-17(27-33-16)11-4-6-13(7-5-11)31-18-14(23)8-12(22)10-24-18/h4-8,10,15H,9H2,1-3H3,(H,25,30)(H,28,29)/t15-/m0/s1. The maximum atomic E-state index is 13.9. The van der Waals surface area contributed by atoms with E-state index in [1.807, 2.05) is 0 Å². The van der Waals surface area contributed by atoms with Crippen LogP contribution in [0.1, 0.15) is 26.7 Å². The van der Waals surface area contributed by atoms with Crippen molar-refractivity contribution in [2.24, 2.45) is 0 Å². The number of benzene rings is 1. The van der Waals surface area contributed by atoms with E-state index in [-0.39, 0.29) is 24.0 Å². The summed E-state index contributed by atoms with van der Waals surface area (Å²) in [5, 5.41) is 15.5. The first kappa shape index (κ1) is 24.1. The maximum Gasteiger partial charge on any atom is 0.408 e. The minimum atomic E-state index is -1.32. The molecule has 3 aromatic rings. The van der Waals surface area contributed by atoms with Crippen LogP contribution in [0.15, 0.2) is 45.5 Å². The molecule has 0 fully saturated rings. The van der Waals surface area contributed by atoms with Gasteiger partial charge in [-0.15, -0.1) is 0 Å². The second kappa shape index (κ2) is 9.94. The number of carbonyl (C=O) groups excluding carboxylic acids is 1. The Morgan fingerprint density at radius 1 is 1.27 bits per heavy atom. The van der Waals surface area contributed by atoms with Crippen molar-refractivity contribution in [1.29, 1.82) is 0 Å². The van der Waals surface area contributed by atoms with Gasteiger partial charge in [-0.05, 0) is 67.0 Å². The van der Waals surface area contributed by atoms with Crippen LogP contribution >= 0.6 is 15.9 Å². The lowest BCUT2D eigenvalue weighted by Gasteiger charge is -2.21. The quantitative estimate of drug-likeness (QED) is 0.463. The molecule has 0 radical (unpaired) electrons. The summed E-state index contributed by atoms with van der Waals surface area (Å²) in [6, 6.07) is 6.29. The number of nitrogens with one attached hydrogen (secondary N) is 1. The number of carboxylic acids is 1. The summed E-state index contributed by atoms with van der Waals surface area (Å²) in [6.07, 6.45) is 0.300. The molecule has 0 unspecified atom stereocenters. The first-order valence-corrected chi connectivity index (χ1v) is 10.4. The molecule has 1 atom stereocenters. The van der Waals surface area contributed by atoms with E-state index < -0.39 is 29.5 Å². The minimum absolute atomic E-state index is 0.00918. The fourth-order valence-electron chi connectivity index (χ4n) is 2.54. The number of nitrogens with zero attached hydrogens (tertiary/aromatic N) is 3. The van der Waals surface area contributed by atoms with Crippen molar-refractivity contribution in [2.45, 2.75) is 38.8 Å². The molecule has 3 rings (SSSR count). The number of pyridine rings is 1. The highest BCUT2D eigenvalue weighted by Gasteiger charge is 2.26. The molecule has 33 heavy (non-hydrogen) atoms. The van der Waals surface area contributed by atoms with Gasteiger partial charge in [-0.1, -0.05) is 5.16 Å². The molecule has 2 heterocycles. The van der Waals surface area contributed by atoms with E-state index in [0.717, 1.165) is 0 Å². The number of amides is 1. The van der Waals surface area contributed by atoms with Crippen molar-refractivity contribution >= 4 is 28.0 Å². The number of carboxylic acid groups (broad SMARTS) is 1. The topological polar surface area (TPSA) is 137 Å². The van der Waals surface area contributed by atoms with Gasteiger partial charge in [0.1, 0.15) is 17.4 Å². The fourth-order valence-corrected chi connectivity index (χ4v) is 2.84. The lowest BCUT2D eigenvalue weighted by atomic mass is 10.2. The maximum absolute atomic E-state index is 13.9. The summed E-state index contributed by atoms with van der Waals surface area (Å²) in [6.45, 7) is 4.98. The van der Waals surface area contributed by atoms with E-state index in [4.69, 9.17) is 14.0 Å². The van der Waals surface area contributed by atoms with Gasteiger partial charge in [-0.3, -0.25) is 0 Å². The Labute approximate surface area is 196 Å². The first-order valence-electron chi connectivity index (χ1n) is 9.64. The van der Waals surface area contributed by atoms with Crippen molar-refractivity contribution in [3.05, 3.63) is 52.7 Å². The zero-order chi connectivity index (χ0) is 24.2. The molecule has 174 valence electrons. The zero-order valence-corrected chi connectivity index (χ0v) is 19.4. The number of alkyl carbamates (subject to hydrolysis) is 1. The van der Waals surface area contributed by atoms with Crippen molar-refractivity contribution in [1.82, 2.24) is 20.4 Å². The summed E-state index contributed by atoms with van der Waals surface area (Å²) in [4.78, 5) is 31.4. The van der Waals surface area contributed by atoms with Crippen LogP contribution in [0.5, 0.6) is 11.6 Å². The van der Waals surface area contributed by atoms with Gasteiger partial charge in [0, 0.05) is 16.2 Å². The minimum Gasteiger partial charge on any atom is -0.480 e. The van der Waals surface area contributed by atoms with Crippen molar-refractivity contribution in [3.8, 4) is 23.0 Å². The molecule has 12 heteroatoms. The summed E-state index contributed by atoms with van der Waals surface area (Å²) in [5.74, 6) is -1.53. The molecule has 2 N–H and O–H groups in total. The third-order valence-electron chi connectivity index (χ3n) is 3.94. The van der Waals surface area contributed by atoms with Crippen molar-refractivity contribution in [2.75, 3.05) is 0 Å². The molecular formula is C21H20BrFN4O6. The second-order valence-corrected chi connectivity index (χ2v) is 8.74. The third-order valence-corrected chi connectivity index (χ3v) is 4.37. The van der Waals surface area contributed by atoms with Crippen LogP contribution in [-0.2, 0) is 16.0 Å². The highest BCUT2D eigenvalue weighted by Crippen LogP contribution is 2.26. The number of carbonyl (C=O) groups is 2. The Balaban J connectivity index is 1.66. The Hall–Kier alpha value is -3.54. The second-order valence-electron chi connectivity index (χ2n) is 7.82. The molecule has 1 aromatic carbocycles. The van der Waals surface area contributed by atoms with Crippen LogP contribution < -0.4 is 10.1 Å². The molecule has 0 aliphatic heterocycles. The summed E-state index contributed by atoms with van der Waals surface area (Å²) in [7, 11) is 0. The molecule has 0 saturated carbocycles. The molecule has 1 amide bonds. The number of hydrogen-bond donors (Lipinski definition) is 2. The van der Waals surface area contributed by atoms with E-state index >= 15 is 0 Å². The number of aliphatic carboxylic acids is 1. The average Bonchev–Trinajstić information content (AvgIpc) is 3.17.